The minimum atomic E-state index is -0.392. The normalized spacial score (nSPS) is 10.2. The number of ether oxygens (including phenoxy) is 1. The van der Waals surface area contributed by atoms with E-state index >= 15 is 0 Å². The van der Waals surface area contributed by atoms with Crippen LogP contribution in [0.1, 0.15) is 25.3 Å². The van der Waals surface area contributed by atoms with Gasteiger partial charge in [0.2, 0.25) is 0 Å². The Hall–Kier alpha value is -1.88. The van der Waals surface area contributed by atoms with Gasteiger partial charge in [-0.3, -0.25) is 10.1 Å². The average Bonchev–Trinajstić information content (AvgIpc) is 2.41. The first-order valence-electron chi connectivity index (χ1n) is 6.40. The van der Waals surface area contributed by atoms with Crippen LogP contribution in [0, 0.1) is 10.1 Å². The van der Waals surface area contributed by atoms with Crippen molar-refractivity contribution in [1.82, 2.24) is 5.32 Å². The number of allylic oxidation sites excluding steroid dienone is 1. The highest BCUT2D eigenvalue weighted by atomic mass is 16.6. The number of non-ortho nitro benzene ring substituents is 1. The second kappa shape index (κ2) is 8.26. The molecule has 1 rings (SSSR count). The number of rotatable bonds is 9. The SMILES string of the molecule is C=CCCCOc1ccc([N+](=O)[O-])cc1CNCC. The molecule has 0 fully saturated rings. The Morgan fingerprint density at radius 3 is 2.95 bits per heavy atom. The van der Waals surface area contributed by atoms with Gasteiger partial charge in [0.1, 0.15) is 5.75 Å². The van der Waals surface area contributed by atoms with E-state index in [1.54, 1.807) is 12.1 Å². The van der Waals surface area contributed by atoms with E-state index in [9.17, 15) is 10.1 Å². The Balaban J connectivity index is 2.76. The molecule has 1 N–H and O–H groups in total. The smallest absolute Gasteiger partial charge is 0.270 e. The van der Waals surface area contributed by atoms with E-state index < -0.39 is 4.92 Å². The summed E-state index contributed by atoms with van der Waals surface area (Å²) in [5, 5.41) is 13.9. The van der Waals surface area contributed by atoms with Gasteiger partial charge in [-0.05, 0) is 25.5 Å². The maximum atomic E-state index is 10.8. The van der Waals surface area contributed by atoms with Gasteiger partial charge in [0.05, 0.1) is 11.5 Å². The molecule has 5 nitrogen and oxygen atoms in total. The summed E-state index contributed by atoms with van der Waals surface area (Å²) in [6.45, 7) is 7.60. The fourth-order valence-corrected chi connectivity index (χ4v) is 1.63. The molecule has 0 radical (unpaired) electrons. The number of hydrogen-bond acceptors (Lipinski definition) is 4. The zero-order valence-electron chi connectivity index (χ0n) is 11.2. The summed E-state index contributed by atoms with van der Waals surface area (Å²) in [7, 11) is 0. The van der Waals surface area contributed by atoms with Crippen molar-refractivity contribution in [3.63, 3.8) is 0 Å². The van der Waals surface area contributed by atoms with Gasteiger partial charge < -0.3 is 10.1 Å². The first-order chi connectivity index (χ1) is 9.19. The summed E-state index contributed by atoms with van der Waals surface area (Å²) in [5.74, 6) is 0.704. The van der Waals surface area contributed by atoms with Crippen LogP contribution >= 0.6 is 0 Å². The third kappa shape index (κ3) is 5.09. The fraction of sp³-hybridized carbons (Fsp3) is 0.429. The monoisotopic (exact) mass is 264 g/mol. The first kappa shape index (κ1) is 15.2. The Morgan fingerprint density at radius 1 is 1.53 bits per heavy atom. The lowest BCUT2D eigenvalue weighted by atomic mass is 10.1. The van der Waals surface area contributed by atoms with Crippen molar-refractivity contribution in [2.45, 2.75) is 26.3 Å². The van der Waals surface area contributed by atoms with E-state index in [1.165, 1.54) is 6.07 Å². The van der Waals surface area contributed by atoms with E-state index in [0.29, 0.717) is 18.9 Å². The molecule has 0 saturated heterocycles. The minimum absolute atomic E-state index is 0.0892. The summed E-state index contributed by atoms with van der Waals surface area (Å²) < 4.78 is 5.66. The van der Waals surface area contributed by atoms with Gasteiger partial charge >= 0.3 is 0 Å². The lowest BCUT2D eigenvalue weighted by Gasteiger charge is -2.11. The fourth-order valence-electron chi connectivity index (χ4n) is 1.63. The zero-order valence-corrected chi connectivity index (χ0v) is 11.2. The van der Waals surface area contributed by atoms with Crippen LogP contribution in [0.25, 0.3) is 0 Å². The maximum Gasteiger partial charge on any atom is 0.270 e. The number of hydrogen-bond donors (Lipinski definition) is 1. The van der Waals surface area contributed by atoms with E-state index in [-0.39, 0.29) is 5.69 Å². The van der Waals surface area contributed by atoms with Gasteiger partial charge in [0.15, 0.2) is 0 Å². The highest BCUT2D eigenvalue weighted by Crippen LogP contribution is 2.24. The Kier molecular flexibility index (Phi) is 6.60. The summed E-state index contributed by atoms with van der Waals surface area (Å²) >= 11 is 0. The van der Waals surface area contributed by atoms with Gasteiger partial charge in [-0.25, -0.2) is 0 Å². The van der Waals surface area contributed by atoms with E-state index in [2.05, 4.69) is 11.9 Å². The van der Waals surface area contributed by atoms with E-state index in [1.807, 2.05) is 13.0 Å². The van der Waals surface area contributed by atoms with Crippen molar-refractivity contribution in [3.8, 4) is 5.75 Å². The molecule has 1 aromatic rings. The Morgan fingerprint density at radius 2 is 2.32 bits per heavy atom. The largest absolute Gasteiger partial charge is 0.493 e. The lowest BCUT2D eigenvalue weighted by Crippen LogP contribution is -2.13. The van der Waals surface area contributed by atoms with Crippen LogP contribution < -0.4 is 10.1 Å². The van der Waals surface area contributed by atoms with Gasteiger partial charge in [-0.1, -0.05) is 13.0 Å². The van der Waals surface area contributed by atoms with Crippen molar-refractivity contribution in [2.75, 3.05) is 13.2 Å². The Labute approximate surface area is 113 Å². The highest BCUT2D eigenvalue weighted by Gasteiger charge is 2.11. The molecule has 0 aliphatic carbocycles. The molecule has 104 valence electrons. The van der Waals surface area contributed by atoms with Gasteiger partial charge in [-0.2, -0.15) is 0 Å². The van der Waals surface area contributed by atoms with Crippen LogP contribution in [0.3, 0.4) is 0 Å². The molecule has 1 aromatic carbocycles. The van der Waals surface area contributed by atoms with Crippen LogP contribution in [-0.2, 0) is 6.54 Å². The maximum absolute atomic E-state index is 10.8. The van der Waals surface area contributed by atoms with Crippen molar-refractivity contribution >= 4 is 5.69 Å². The molecule has 0 unspecified atom stereocenters. The van der Waals surface area contributed by atoms with Crippen LogP contribution in [0.2, 0.25) is 0 Å². The van der Waals surface area contributed by atoms with Gasteiger partial charge in [-0.15, -0.1) is 6.58 Å². The number of nitro benzene ring substituents is 1. The van der Waals surface area contributed by atoms with Crippen LogP contribution in [-0.4, -0.2) is 18.1 Å². The summed E-state index contributed by atoms with van der Waals surface area (Å²) in [4.78, 5) is 10.4. The molecule has 0 bridgehead atoms. The third-order valence-electron chi connectivity index (χ3n) is 2.63. The summed E-state index contributed by atoms with van der Waals surface area (Å²) in [6, 6.07) is 4.70. The third-order valence-corrected chi connectivity index (χ3v) is 2.63. The molecule has 0 aromatic heterocycles. The van der Waals surface area contributed by atoms with Crippen molar-refractivity contribution in [2.24, 2.45) is 0 Å². The molecule has 0 aliphatic heterocycles. The van der Waals surface area contributed by atoms with Crippen LogP contribution in [0.4, 0.5) is 5.69 Å². The molecular weight excluding hydrogens is 244 g/mol. The molecule has 19 heavy (non-hydrogen) atoms. The molecular formula is C14H20N2O3. The van der Waals surface area contributed by atoms with Gasteiger partial charge in [0.25, 0.3) is 5.69 Å². The number of unbranched alkanes of at least 4 members (excludes halogenated alkanes) is 1. The average molecular weight is 264 g/mol. The van der Waals surface area contributed by atoms with Crippen molar-refractivity contribution < 1.29 is 9.66 Å². The molecule has 0 atom stereocenters. The van der Waals surface area contributed by atoms with E-state index in [0.717, 1.165) is 24.9 Å². The second-order valence-corrected chi connectivity index (χ2v) is 4.11. The van der Waals surface area contributed by atoms with Crippen LogP contribution in [0.5, 0.6) is 5.75 Å². The predicted octanol–water partition coefficient (Wildman–Crippen LogP) is 3.05. The zero-order chi connectivity index (χ0) is 14.1. The Bertz CT molecular complexity index is 433. The minimum Gasteiger partial charge on any atom is -0.493 e. The number of nitro groups is 1. The number of nitrogens with zero attached hydrogens (tertiary/aromatic N) is 1. The first-order valence-corrected chi connectivity index (χ1v) is 6.40. The second-order valence-electron chi connectivity index (χ2n) is 4.11. The van der Waals surface area contributed by atoms with Crippen LogP contribution in [0.15, 0.2) is 30.9 Å². The highest BCUT2D eigenvalue weighted by molar-refractivity contribution is 5.43. The molecule has 0 saturated carbocycles. The van der Waals surface area contributed by atoms with Crippen molar-refractivity contribution in [1.29, 1.82) is 0 Å². The van der Waals surface area contributed by atoms with Gasteiger partial charge in [0, 0.05) is 24.2 Å². The lowest BCUT2D eigenvalue weighted by molar-refractivity contribution is -0.384. The number of benzene rings is 1. The van der Waals surface area contributed by atoms with E-state index in [4.69, 9.17) is 4.74 Å². The topological polar surface area (TPSA) is 64.4 Å². The quantitative estimate of drug-likeness (QED) is 0.322. The number of nitrogens with one attached hydrogen (secondary N) is 1. The molecule has 0 aliphatic rings. The predicted molar refractivity (Wildman–Crippen MR) is 75.4 cm³/mol. The standard InChI is InChI=1S/C14H20N2O3/c1-3-5-6-9-19-14-8-7-13(16(17)18)10-12(14)11-15-4-2/h3,7-8,10,15H,1,4-6,9,11H2,2H3. The van der Waals surface area contributed by atoms with Crippen molar-refractivity contribution in [3.05, 3.63) is 46.5 Å². The summed E-state index contributed by atoms with van der Waals surface area (Å²) in [6.07, 6.45) is 3.63. The molecule has 5 heteroatoms. The molecule has 0 amide bonds. The molecule has 0 heterocycles. The molecule has 0 spiro atoms. The summed E-state index contributed by atoms with van der Waals surface area (Å²) in [5.41, 5.74) is 0.904.